The first-order valence-electron chi connectivity index (χ1n) is 7.03. The third-order valence-electron chi connectivity index (χ3n) is 4.34. The summed E-state index contributed by atoms with van der Waals surface area (Å²) >= 11 is 3.26. The first kappa shape index (κ1) is 12.5. The lowest BCUT2D eigenvalue weighted by atomic mass is 10.1. The second-order valence-electron chi connectivity index (χ2n) is 5.80. The van der Waals surface area contributed by atoms with Crippen molar-refractivity contribution in [2.24, 2.45) is 0 Å². The fourth-order valence-corrected chi connectivity index (χ4v) is 5.49. The maximum absolute atomic E-state index is 12.6. The number of rotatable bonds is 0. The van der Waals surface area contributed by atoms with E-state index in [0.29, 0.717) is 0 Å². The highest BCUT2D eigenvalue weighted by Crippen LogP contribution is 2.37. The Hall–Kier alpha value is -2.04. The molecule has 0 saturated heterocycles. The van der Waals surface area contributed by atoms with Crippen molar-refractivity contribution >= 4 is 64.4 Å². The van der Waals surface area contributed by atoms with Gasteiger partial charge in [0.05, 0.1) is 0 Å². The van der Waals surface area contributed by atoms with Gasteiger partial charge in [-0.2, -0.15) is 0 Å². The summed E-state index contributed by atoms with van der Waals surface area (Å²) in [5, 5.41) is 4.92. The van der Waals surface area contributed by atoms with E-state index in [0.717, 1.165) is 51.5 Å². The summed E-state index contributed by atoms with van der Waals surface area (Å²) in [4.78, 5) is 27.5. The summed E-state index contributed by atoms with van der Waals surface area (Å²) in [6.45, 7) is 4.02. The molecule has 0 bridgehead atoms. The van der Waals surface area contributed by atoms with E-state index in [1.54, 1.807) is 22.7 Å². The number of fused-ring (bicyclic) bond motifs is 6. The van der Waals surface area contributed by atoms with Gasteiger partial charge in [0, 0.05) is 51.5 Å². The molecule has 2 heterocycles. The molecular weight excluding hydrogens is 312 g/mol. The van der Waals surface area contributed by atoms with Crippen molar-refractivity contribution in [1.82, 2.24) is 0 Å². The van der Waals surface area contributed by atoms with Crippen LogP contribution < -0.4 is 10.9 Å². The molecule has 3 aromatic carbocycles. The van der Waals surface area contributed by atoms with Gasteiger partial charge in [-0.3, -0.25) is 9.59 Å². The fourth-order valence-electron chi connectivity index (χ4n) is 3.41. The van der Waals surface area contributed by atoms with Crippen LogP contribution >= 0.6 is 22.7 Å². The van der Waals surface area contributed by atoms with Crippen LogP contribution in [-0.4, -0.2) is 0 Å². The van der Waals surface area contributed by atoms with Crippen LogP contribution in [0, 0.1) is 13.8 Å². The van der Waals surface area contributed by atoms with Crippen molar-refractivity contribution < 1.29 is 0 Å². The Kier molecular flexibility index (Phi) is 2.18. The summed E-state index contributed by atoms with van der Waals surface area (Å²) in [5.41, 5.74) is 0.178. The zero-order valence-electron chi connectivity index (χ0n) is 11.9. The van der Waals surface area contributed by atoms with Crippen LogP contribution in [0.3, 0.4) is 0 Å². The smallest absolute Gasteiger partial charge is 0.195 e. The summed E-state index contributed by atoms with van der Waals surface area (Å²) in [6.07, 6.45) is 0. The molecule has 0 N–H and O–H groups in total. The van der Waals surface area contributed by atoms with Gasteiger partial charge >= 0.3 is 0 Å². The van der Waals surface area contributed by atoms with Crippen LogP contribution in [0.2, 0.25) is 0 Å². The highest BCUT2D eigenvalue weighted by Gasteiger charge is 2.18. The molecule has 0 radical (unpaired) electrons. The Morgan fingerprint density at radius 3 is 1.41 bits per heavy atom. The second-order valence-corrected chi connectivity index (χ2v) is 8.31. The molecule has 5 aromatic rings. The Labute approximate surface area is 132 Å². The first-order valence-corrected chi connectivity index (χ1v) is 8.67. The average Bonchev–Trinajstić information content (AvgIpc) is 3.17. The predicted octanol–water partition coefficient (Wildman–Crippen LogP) is 4.64. The van der Waals surface area contributed by atoms with Crippen molar-refractivity contribution in [3.63, 3.8) is 0 Å². The molecule has 5 rings (SSSR count). The van der Waals surface area contributed by atoms with Crippen LogP contribution in [0.15, 0.2) is 33.9 Å². The molecule has 0 spiro atoms. The van der Waals surface area contributed by atoms with E-state index in [1.165, 1.54) is 0 Å². The maximum Gasteiger partial charge on any atom is 0.195 e. The van der Waals surface area contributed by atoms with Crippen molar-refractivity contribution in [1.29, 1.82) is 0 Å². The number of aryl methyl sites for hydroxylation is 2. The van der Waals surface area contributed by atoms with E-state index in [9.17, 15) is 9.59 Å². The van der Waals surface area contributed by atoms with E-state index >= 15 is 0 Å². The Bertz CT molecular complexity index is 1220. The van der Waals surface area contributed by atoms with Gasteiger partial charge in [-0.25, -0.2) is 0 Å². The molecule has 0 fully saturated rings. The van der Waals surface area contributed by atoms with Crippen molar-refractivity contribution in [3.8, 4) is 0 Å². The predicted molar refractivity (Wildman–Crippen MR) is 96.6 cm³/mol. The third kappa shape index (κ3) is 1.35. The molecule has 0 aliphatic carbocycles. The zero-order valence-corrected chi connectivity index (χ0v) is 13.6. The summed E-state index contributed by atoms with van der Waals surface area (Å²) in [5.74, 6) is 0. The molecule has 0 aliphatic rings. The molecule has 0 unspecified atom stereocenters. The average molecular weight is 322 g/mol. The molecule has 22 heavy (non-hydrogen) atoms. The SMILES string of the molecule is Cc1cc2c(=O)c3cc4c(cc3c2s1)c(=O)c1cc(C)sc14. The van der Waals surface area contributed by atoms with E-state index in [4.69, 9.17) is 0 Å². The maximum atomic E-state index is 12.6. The first-order chi connectivity index (χ1) is 10.5. The minimum atomic E-state index is 0.0892. The lowest BCUT2D eigenvalue weighted by Crippen LogP contribution is -1.95. The van der Waals surface area contributed by atoms with Gasteiger partial charge in [-0.05, 0) is 38.1 Å². The monoisotopic (exact) mass is 322 g/mol. The van der Waals surface area contributed by atoms with Crippen LogP contribution in [0.1, 0.15) is 9.75 Å². The van der Waals surface area contributed by atoms with Gasteiger partial charge in [0.25, 0.3) is 0 Å². The van der Waals surface area contributed by atoms with Crippen LogP contribution in [0.4, 0.5) is 0 Å². The van der Waals surface area contributed by atoms with Crippen LogP contribution in [0.25, 0.3) is 41.7 Å². The number of hydrogen-bond donors (Lipinski definition) is 0. The largest absolute Gasteiger partial charge is 0.289 e. The second kappa shape index (κ2) is 3.83. The molecule has 0 aliphatic heterocycles. The minimum absolute atomic E-state index is 0.0892. The standard InChI is InChI=1S/C18H10O2S2/c1-7-3-13-15(19)9-6-12-10(5-11(9)17(13)21-7)16(20)14-4-8(2)22-18(12)14/h3-6H,1-2H3. The molecule has 0 atom stereocenters. The van der Waals surface area contributed by atoms with E-state index in [2.05, 4.69) is 0 Å². The minimum Gasteiger partial charge on any atom is -0.289 e. The van der Waals surface area contributed by atoms with Gasteiger partial charge in [-0.15, -0.1) is 22.7 Å². The topological polar surface area (TPSA) is 34.1 Å². The Morgan fingerprint density at radius 2 is 1.00 bits per heavy atom. The van der Waals surface area contributed by atoms with Gasteiger partial charge in [0.2, 0.25) is 0 Å². The summed E-state index contributed by atoms with van der Waals surface area (Å²) in [7, 11) is 0. The molecule has 4 heteroatoms. The van der Waals surface area contributed by atoms with Crippen LogP contribution in [0.5, 0.6) is 0 Å². The Morgan fingerprint density at radius 1 is 0.591 bits per heavy atom. The third-order valence-corrected chi connectivity index (χ3v) is 6.50. The van der Waals surface area contributed by atoms with E-state index in [-0.39, 0.29) is 10.9 Å². The van der Waals surface area contributed by atoms with Gasteiger partial charge in [0.1, 0.15) is 0 Å². The fraction of sp³-hybridized carbons (Fsp3) is 0.111. The van der Waals surface area contributed by atoms with Crippen molar-refractivity contribution in [3.05, 3.63) is 54.5 Å². The van der Waals surface area contributed by atoms with E-state index in [1.807, 2.05) is 38.1 Å². The van der Waals surface area contributed by atoms with Gasteiger partial charge in [-0.1, -0.05) is 0 Å². The van der Waals surface area contributed by atoms with E-state index < -0.39 is 0 Å². The van der Waals surface area contributed by atoms with Crippen molar-refractivity contribution in [2.45, 2.75) is 13.8 Å². The molecule has 0 saturated carbocycles. The highest BCUT2D eigenvalue weighted by molar-refractivity contribution is 7.20. The van der Waals surface area contributed by atoms with Crippen molar-refractivity contribution in [2.75, 3.05) is 0 Å². The van der Waals surface area contributed by atoms with Gasteiger partial charge < -0.3 is 0 Å². The Balaban J connectivity index is 2.11. The molecular formula is C18H10O2S2. The number of benzene rings is 1. The molecule has 106 valence electrons. The summed E-state index contributed by atoms with van der Waals surface area (Å²) < 4.78 is 2.03. The number of thiophene rings is 2. The molecule has 2 nitrogen and oxygen atoms in total. The lowest BCUT2D eigenvalue weighted by Gasteiger charge is -1.93. The molecule has 0 amide bonds. The van der Waals surface area contributed by atoms with Crippen LogP contribution in [-0.2, 0) is 0 Å². The zero-order chi connectivity index (χ0) is 15.2. The number of hydrogen-bond acceptors (Lipinski definition) is 4. The normalized spacial score (nSPS) is 12.5. The molecule has 2 aromatic heterocycles. The summed E-state index contributed by atoms with van der Waals surface area (Å²) in [6, 6.07) is 7.76. The van der Waals surface area contributed by atoms with Gasteiger partial charge in [0.15, 0.2) is 10.9 Å². The highest BCUT2D eigenvalue weighted by atomic mass is 32.1. The lowest BCUT2D eigenvalue weighted by molar-refractivity contribution is 1.65. The quantitative estimate of drug-likeness (QED) is 0.416.